The van der Waals surface area contributed by atoms with Crippen LogP contribution >= 0.6 is 15.9 Å². The normalized spacial score (nSPS) is 11.5. The second-order valence-electron chi connectivity index (χ2n) is 4.99. The Labute approximate surface area is 138 Å². The van der Waals surface area contributed by atoms with Gasteiger partial charge in [-0.25, -0.2) is 12.4 Å². The maximum atomic E-state index is 12.9. The molecule has 0 aliphatic heterocycles. The van der Waals surface area contributed by atoms with Crippen LogP contribution in [0.25, 0.3) is 11.3 Å². The number of benzene rings is 2. The SMILES string of the molecule is Cc1ccc(S(=O)(=O)n2cccc2-c2ccccc2Br)cc1. The quantitative estimate of drug-likeness (QED) is 0.677. The maximum absolute atomic E-state index is 12.9. The Morgan fingerprint density at radius 2 is 1.59 bits per heavy atom. The summed E-state index contributed by atoms with van der Waals surface area (Å²) in [5.41, 5.74) is 2.49. The zero-order valence-corrected chi connectivity index (χ0v) is 14.3. The van der Waals surface area contributed by atoms with Gasteiger partial charge in [0, 0.05) is 16.2 Å². The number of aromatic nitrogens is 1. The zero-order chi connectivity index (χ0) is 15.7. The maximum Gasteiger partial charge on any atom is 0.268 e. The highest BCUT2D eigenvalue weighted by molar-refractivity contribution is 9.10. The summed E-state index contributed by atoms with van der Waals surface area (Å²) in [5, 5.41) is 0. The molecule has 0 unspecified atom stereocenters. The molecule has 0 atom stereocenters. The molecule has 3 rings (SSSR count). The lowest BCUT2D eigenvalue weighted by Gasteiger charge is -2.12. The average molecular weight is 376 g/mol. The largest absolute Gasteiger partial charge is 0.268 e. The molecule has 0 spiro atoms. The van der Waals surface area contributed by atoms with Gasteiger partial charge in [0.15, 0.2) is 0 Å². The summed E-state index contributed by atoms with van der Waals surface area (Å²) in [5.74, 6) is 0. The van der Waals surface area contributed by atoms with Gasteiger partial charge >= 0.3 is 0 Å². The molecule has 0 amide bonds. The smallest absolute Gasteiger partial charge is 0.241 e. The van der Waals surface area contributed by atoms with Crippen molar-refractivity contribution < 1.29 is 8.42 Å². The van der Waals surface area contributed by atoms with Crippen molar-refractivity contribution in [2.24, 2.45) is 0 Å². The first-order valence-corrected chi connectivity index (χ1v) is 8.98. The second kappa shape index (κ2) is 5.74. The summed E-state index contributed by atoms with van der Waals surface area (Å²) in [6.07, 6.45) is 1.57. The van der Waals surface area contributed by atoms with E-state index in [-0.39, 0.29) is 4.90 Å². The molecule has 0 fully saturated rings. The molecular formula is C17H14BrNO2S. The van der Waals surface area contributed by atoms with Crippen LogP contribution in [0.4, 0.5) is 0 Å². The lowest BCUT2D eigenvalue weighted by Crippen LogP contribution is -2.13. The van der Waals surface area contributed by atoms with Gasteiger partial charge in [0.05, 0.1) is 10.6 Å². The number of nitrogens with zero attached hydrogens (tertiary/aromatic N) is 1. The molecule has 3 aromatic rings. The number of aryl methyl sites for hydroxylation is 1. The van der Waals surface area contributed by atoms with E-state index >= 15 is 0 Å². The third-order valence-electron chi connectivity index (χ3n) is 3.44. The van der Waals surface area contributed by atoms with Crippen molar-refractivity contribution in [3.63, 3.8) is 0 Å². The molecule has 0 aliphatic carbocycles. The minimum Gasteiger partial charge on any atom is -0.241 e. The van der Waals surface area contributed by atoms with Crippen molar-refractivity contribution in [3.8, 4) is 11.3 Å². The van der Waals surface area contributed by atoms with Crippen molar-refractivity contribution >= 4 is 26.0 Å². The third kappa shape index (κ3) is 2.62. The highest BCUT2D eigenvalue weighted by atomic mass is 79.9. The number of hydrogen-bond donors (Lipinski definition) is 0. The molecule has 112 valence electrons. The Balaban J connectivity index is 2.16. The van der Waals surface area contributed by atoms with E-state index in [1.165, 1.54) is 3.97 Å². The molecular weight excluding hydrogens is 362 g/mol. The molecule has 3 nitrogen and oxygen atoms in total. The molecule has 0 aliphatic rings. The topological polar surface area (TPSA) is 39.1 Å². The second-order valence-corrected chi connectivity index (χ2v) is 7.66. The zero-order valence-electron chi connectivity index (χ0n) is 11.9. The fourth-order valence-electron chi connectivity index (χ4n) is 2.28. The number of halogens is 1. The van der Waals surface area contributed by atoms with Gasteiger partial charge in [0.1, 0.15) is 0 Å². The van der Waals surface area contributed by atoms with Crippen LogP contribution in [0.15, 0.2) is 76.2 Å². The molecule has 0 saturated heterocycles. The Morgan fingerprint density at radius 1 is 0.909 bits per heavy atom. The van der Waals surface area contributed by atoms with Crippen molar-refractivity contribution in [2.75, 3.05) is 0 Å². The summed E-state index contributed by atoms with van der Waals surface area (Å²) < 4.78 is 27.9. The van der Waals surface area contributed by atoms with Gasteiger partial charge in [-0.05, 0) is 37.3 Å². The molecule has 0 N–H and O–H groups in total. The summed E-state index contributed by atoms with van der Waals surface area (Å²) in [6, 6.07) is 18.0. The molecule has 0 radical (unpaired) electrons. The highest BCUT2D eigenvalue weighted by Crippen LogP contribution is 2.30. The van der Waals surface area contributed by atoms with Crippen LogP contribution in [0.2, 0.25) is 0 Å². The molecule has 0 bridgehead atoms. The van der Waals surface area contributed by atoms with Crippen LogP contribution in [-0.2, 0) is 10.0 Å². The lowest BCUT2D eigenvalue weighted by molar-refractivity contribution is 0.588. The fraction of sp³-hybridized carbons (Fsp3) is 0.0588. The van der Waals surface area contributed by atoms with E-state index in [9.17, 15) is 8.42 Å². The Hall–Kier alpha value is -1.85. The van der Waals surface area contributed by atoms with Crippen LogP contribution in [0, 0.1) is 6.92 Å². The highest BCUT2D eigenvalue weighted by Gasteiger charge is 2.20. The minimum atomic E-state index is -3.61. The lowest BCUT2D eigenvalue weighted by atomic mass is 10.2. The van der Waals surface area contributed by atoms with Gasteiger partial charge in [-0.2, -0.15) is 0 Å². The third-order valence-corrected chi connectivity index (χ3v) is 5.84. The van der Waals surface area contributed by atoms with E-state index in [0.29, 0.717) is 5.69 Å². The van der Waals surface area contributed by atoms with E-state index in [4.69, 9.17) is 0 Å². The minimum absolute atomic E-state index is 0.280. The molecule has 22 heavy (non-hydrogen) atoms. The van der Waals surface area contributed by atoms with Crippen molar-refractivity contribution in [1.82, 2.24) is 3.97 Å². The first kappa shape index (κ1) is 15.1. The van der Waals surface area contributed by atoms with Crippen molar-refractivity contribution in [3.05, 3.63) is 76.9 Å². The van der Waals surface area contributed by atoms with Gasteiger partial charge in [-0.3, -0.25) is 0 Å². The van der Waals surface area contributed by atoms with Crippen LogP contribution in [0.5, 0.6) is 0 Å². The summed E-state index contributed by atoms with van der Waals surface area (Å²) in [4.78, 5) is 0.280. The summed E-state index contributed by atoms with van der Waals surface area (Å²) in [6.45, 7) is 1.93. The van der Waals surface area contributed by atoms with Gasteiger partial charge in [-0.15, -0.1) is 0 Å². The Bertz CT molecular complexity index is 912. The number of hydrogen-bond acceptors (Lipinski definition) is 2. The van der Waals surface area contributed by atoms with E-state index in [1.54, 1.807) is 42.6 Å². The average Bonchev–Trinajstić information content (AvgIpc) is 2.98. The standard InChI is InChI=1S/C17H14BrNO2S/c1-13-8-10-14(11-9-13)22(20,21)19-12-4-7-17(19)15-5-2-3-6-16(15)18/h2-12H,1H3. The van der Waals surface area contributed by atoms with E-state index in [1.807, 2.05) is 31.2 Å². The monoisotopic (exact) mass is 375 g/mol. The van der Waals surface area contributed by atoms with Gasteiger partial charge in [0.2, 0.25) is 0 Å². The molecule has 2 aromatic carbocycles. The number of rotatable bonds is 3. The summed E-state index contributed by atoms with van der Waals surface area (Å²) in [7, 11) is -3.61. The van der Waals surface area contributed by atoms with E-state index in [0.717, 1.165) is 15.6 Å². The van der Waals surface area contributed by atoms with Crippen LogP contribution in [0.3, 0.4) is 0 Å². The van der Waals surface area contributed by atoms with Crippen LogP contribution in [-0.4, -0.2) is 12.4 Å². The molecule has 1 aromatic heterocycles. The van der Waals surface area contributed by atoms with E-state index in [2.05, 4.69) is 15.9 Å². The van der Waals surface area contributed by atoms with Gasteiger partial charge < -0.3 is 0 Å². The molecule has 0 saturated carbocycles. The van der Waals surface area contributed by atoms with Gasteiger partial charge in [-0.1, -0.05) is 51.8 Å². The van der Waals surface area contributed by atoms with Crippen molar-refractivity contribution in [1.29, 1.82) is 0 Å². The first-order valence-electron chi connectivity index (χ1n) is 6.74. The summed E-state index contributed by atoms with van der Waals surface area (Å²) >= 11 is 3.48. The molecule has 5 heteroatoms. The Kier molecular flexibility index (Phi) is 3.93. The predicted molar refractivity (Wildman–Crippen MR) is 91.3 cm³/mol. The van der Waals surface area contributed by atoms with E-state index < -0.39 is 10.0 Å². The fourth-order valence-corrected chi connectivity index (χ4v) is 4.12. The van der Waals surface area contributed by atoms with Gasteiger partial charge in [0.25, 0.3) is 10.0 Å². The molecule has 1 heterocycles. The van der Waals surface area contributed by atoms with Crippen molar-refractivity contribution in [2.45, 2.75) is 11.8 Å². The van der Waals surface area contributed by atoms with Crippen LogP contribution in [0.1, 0.15) is 5.56 Å². The van der Waals surface area contributed by atoms with Crippen LogP contribution < -0.4 is 0 Å². The Morgan fingerprint density at radius 3 is 2.27 bits per heavy atom. The predicted octanol–water partition coefficient (Wildman–Crippen LogP) is 4.46. The first-order chi connectivity index (χ1) is 10.5.